The zero-order valence-corrected chi connectivity index (χ0v) is 13.2. The zero-order valence-electron chi connectivity index (χ0n) is 12.4. The maximum atomic E-state index is 6.30. The van der Waals surface area contributed by atoms with Crippen molar-refractivity contribution >= 4 is 11.6 Å². The van der Waals surface area contributed by atoms with Crippen LogP contribution >= 0.6 is 11.6 Å². The molecule has 1 unspecified atom stereocenters. The molecule has 0 bridgehead atoms. The van der Waals surface area contributed by atoms with Crippen molar-refractivity contribution in [3.05, 3.63) is 64.2 Å². The van der Waals surface area contributed by atoms with Gasteiger partial charge in [-0.05, 0) is 55.2 Å². The van der Waals surface area contributed by atoms with Gasteiger partial charge in [0.2, 0.25) is 0 Å². The quantitative estimate of drug-likeness (QED) is 0.630. The van der Waals surface area contributed by atoms with Crippen molar-refractivity contribution in [2.75, 3.05) is 6.61 Å². The van der Waals surface area contributed by atoms with E-state index in [4.69, 9.17) is 22.2 Å². The first-order valence-corrected chi connectivity index (χ1v) is 7.45. The Morgan fingerprint density at radius 2 is 1.90 bits per heavy atom. The Morgan fingerprint density at radius 1 is 1.19 bits per heavy atom. The monoisotopic (exact) mass is 304 g/mol. The molecule has 0 saturated carbocycles. The van der Waals surface area contributed by atoms with E-state index in [0.717, 1.165) is 33.9 Å². The number of nitrogens with two attached hydrogens (primary N) is 1. The molecular weight excluding hydrogens is 284 g/mol. The highest BCUT2D eigenvalue weighted by molar-refractivity contribution is 6.31. The van der Waals surface area contributed by atoms with Crippen LogP contribution in [0.25, 0.3) is 0 Å². The van der Waals surface area contributed by atoms with Crippen LogP contribution in [0.4, 0.5) is 0 Å². The predicted molar refractivity (Wildman–Crippen MR) is 87.6 cm³/mol. The molecule has 0 aliphatic heterocycles. The van der Waals surface area contributed by atoms with Gasteiger partial charge < -0.3 is 4.74 Å². The van der Waals surface area contributed by atoms with Crippen molar-refractivity contribution in [1.29, 1.82) is 0 Å². The van der Waals surface area contributed by atoms with E-state index in [2.05, 4.69) is 17.6 Å². The van der Waals surface area contributed by atoms with E-state index in [9.17, 15) is 0 Å². The van der Waals surface area contributed by atoms with Crippen LogP contribution in [0.3, 0.4) is 0 Å². The Hall–Kier alpha value is -1.55. The number of rotatable bonds is 6. The Morgan fingerprint density at radius 3 is 2.48 bits per heavy atom. The summed E-state index contributed by atoms with van der Waals surface area (Å²) < 4.78 is 5.45. The van der Waals surface area contributed by atoms with Crippen LogP contribution in [0.1, 0.15) is 29.7 Å². The SMILES string of the molecule is CCOc1ccc(C(Cc2ccc(C)cc2Cl)NN)cc1. The van der Waals surface area contributed by atoms with Crippen molar-refractivity contribution in [3.8, 4) is 5.75 Å². The summed E-state index contributed by atoms with van der Waals surface area (Å²) >= 11 is 6.30. The van der Waals surface area contributed by atoms with Crippen molar-refractivity contribution in [3.63, 3.8) is 0 Å². The molecule has 3 N–H and O–H groups in total. The number of ether oxygens (including phenoxy) is 1. The number of halogens is 1. The minimum absolute atomic E-state index is 0.0147. The largest absolute Gasteiger partial charge is 0.494 e. The number of nitrogens with one attached hydrogen (secondary N) is 1. The van der Waals surface area contributed by atoms with E-state index >= 15 is 0 Å². The summed E-state index contributed by atoms with van der Waals surface area (Å²) in [5.74, 6) is 6.57. The second-order valence-corrected chi connectivity index (χ2v) is 5.43. The Kier molecular flexibility index (Phi) is 5.62. The Labute approximate surface area is 131 Å². The van der Waals surface area contributed by atoms with Gasteiger partial charge in [-0.25, -0.2) is 0 Å². The molecule has 0 aliphatic rings. The molecule has 2 aromatic carbocycles. The third-order valence-corrected chi connectivity index (χ3v) is 3.78. The highest BCUT2D eigenvalue weighted by Gasteiger charge is 2.13. The summed E-state index contributed by atoms with van der Waals surface area (Å²) in [7, 11) is 0. The van der Waals surface area contributed by atoms with E-state index in [1.807, 2.05) is 44.2 Å². The molecule has 2 rings (SSSR count). The molecule has 3 nitrogen and oxygen atoms in total. The number of aryl methyl sites for hydroxylation is 1. The molecule has 0 radical (unpaired) electrons. The average Bonchev–Trinajstić information content (AvgIpc) is 2.48. The van der Waals surface area contributed by atoms with Gasteiger partial charge in [-0.1, -0.05) is 35.9 Å². The molecule has 0 fully saturated rings. The molecule has 0 aliphatic carbocycles. The lowest BCUT2D eigenvalue weighted by molar-refractivity contribution is 0.340. The summed E-state index contributed by atoms with van der Waals surface area (Å²) in [6.45, 7) is 4.66. The fraction of sp³-hybridized carbons (Fsp3) is 0.294. The minimum Gasteiger partial charge on any atom is -0.494 e. The van der Waals surface area contributed by atoms with Gasteiger partial charge >= 0.3 is 0 Å². The first kappa shape index (κ1) is 15.8. The molecule has 1 atom stereocenters. The molecule has 0 spiro atoms. The van der Waals surface area contributed by atoms with Gasteiger partial charge in [-0.2, -0.15) is 0 Å². The van der Waals surface area contributed by atoms with E-state index in [0.29, 0.717) is 6.61 Å². The maximum absolute atomic E-state index is 6.30. The summed E-state index contributed by atoms with van der Waals surface area (Å²) in [5.41, 5.74) is 6.21. The topological polar surface area (TPSA) is 47.3 Å². The first-order chi connectivity index (χ1) is 10.1. The van der Waals surface area contributed by atoms with Crippen LogP contribution in [0.5, 0.6) is 5.75 Å². The third kappa shape index (κ3) is 4.21. The lowest BCUT2D eigenvalue weighted by Crippen LogP contribution is -2.29. The Balaban J connectivity index is 2.15. The number of hydrogen-bond donors (Lipinski definition) is 2. The predicted octanol–water partition coefficient (Wildman–Crippen LogP) is 3.79. The lowest BCUT2D eigenvalue weighted by atomic mass is 9.98. The molecule has 21 heavy (non-hydrogen) atoms. The van der Waals surface area contributed by atoms with Gasteiger partial charge in [0.1, 0.15) is 5.75 Å². The first-order valence-electron chi connectivity index (χ1n) is 7.08. The van der Waals surface area contributed by atoms with Crippen LogP contribution in [-0.2, 0) is 6.42 Å². The van der Waals surface area contributed by atoms with Gasteiger partial charge in [0.25, 0.3) is 0 Å². The van der Waals surface area contributed by atoms with Crippen molar-refractivity contribution in [1.82, 2.24) is 5.43 Å². The lowest BCUT2D eigenvalue weighted by Gasteiger charge is -2.18. The van der Waals surface area contributed by atoms with Crippen molar-refractivity contribution < 1.29 is 4.74 Å². The molecule has 0 aromatic heterocycles. The van der Waals surface area contributed by atoms with Crippen molar-refractivity contribution in [2.24, 2.45) is 5.84 Å². The second-order valence-electron chi connectivity index (χ2n) is 5.02. The summed E-state index contributed by atoms with van der Waals surface area (Å²) in [4.78, 5) is 0. The molecule has 0 amide bonds. The Bertz CT molecular complexity index is 584. The van der Waals surface area contributed by atoms with E-state index in [1.165, 1.54) is 0 Å². The highest BCUT2D eigenvalue weighted by Crippen LogP contribution is 2.25. The van der Waals surface area contributed by atoms with Crippen LogP contribution in [0, 0.1) is 6.92 Å². The minimum atomic E-state index is 0.0147. The fourth-order valence-corrected chi connectivity index (χ4v) is 2.59. The fourth-order valence-electron chi connectivity index (χ4n) is 2.27. The maximum Gasteiger partial charge on any atom is 0.119 e. The van der Waals surface area contributed by atoms with E-state index in [1.54, 1.807) is 0 Å². The van der Waals surface area contributed by atoms with Gasteiger partial charge in [0.15, 0.2) is 0 Å². The second kappa shape index (κ2) is 7.46. The van der Waals surface area contributed by atoms with Gasteiger partial charge in [-0.15, -0.1) is 0 Å². The summed E-state index contributed by atoms with van der Waals surface area (Å²) in [6.07, 6.45) is 0.740. The molecular formula is C17H21ClN2O. The van der Waals surface area contributed by atoms with Gasteiger partial charge in [0.05, 0.1) is 12.6 Å². The number of benzene rings is 2. The average molecular weight is 305 g/mol. The number of hydrogen-bond acceptors (Lipinski definition) is 3. The molecule has 2 aromatic rings. The summed E-state index contributed by atoms with van der Waals surface area (Å²) in [6, 6.07) is 14.1. The molecule has 0 saturated heterocycles. The molecule has 4 heteroatoms. The van der Waals surface area contributed by atoms with Crippen LogP contribution in [0.2, 0.25) is 5.02 Å². The van der Waals surface area contributed by atoms with Crippen LogP contribution < -0.4 is 16.0 Å². The number of hydrazine groups is 1. The third-order valence-electron chi connectivity index (χ3n) is 3.43. The summed E-state index contributed by atoms with van der Waals surface area (Å²) in [5, 5.41) is 0.779. The van der Waals surface area contributed by atoms with Gasteiger partial charge in [-0.3, -0.25) is 11.3 Å². The smallest absolute Gasteiger partial charge is 0.119 e. The molecule has 0 heterocycles. The highest BCUT2D eigenvalue weighted by atomic mass is 35.5. The normalized spacial score (nSPS) is 12.2. The standard InChI is InChI=1S/C17H21ClN2O/c1-3-21-15-8-6-13(7-9-15)17(20-19)11-14-5-4-12(2)10-16(14)18/h4-10,17,20H,3,11,19H2,1-2H3. The van der Waals surface area contributed by atoms with Gasteiger partial charge in [0, 0.05) is 5.02 Å². The van der Waals surface area contributed by atoms with E-state index in [-0.39, 0.29) is 6.04 Å². The van der Waals surface area contributed by atoms with Crippen LogP contribution in [-0.4, -0.2) is 6.61 Å². The van der Waals surface area contributed by atoms with Crippen LogP contribution in [0.15, 0.2) is 42.5 Å². The van der Waals surface area contributed by atoms with Crippen molar-refractivity contribution in [2.45, 2.75) is 26.3 Å². The van der Waals surface area contributed by atoms with E-state index < -0.39 is 0 Å². The zero-order chi connectivity index (χ0) is 15.2. The molecule has 112 valence electrons.